The molecule has 0 aliphatic carbocycles. The molecule has 3 aliphatic rings. The number of nitrogens with zero attached hydrogens (tertiary/aromatic N) is 2. The van der Waals surface area contributed by atoms with Crippen LogP contribution in [0.4, 0.5) is 11.4 Å². The molecule has 0 unspecified atom stereocenters. The number of likely N-dealkylation sites (tertiary alicyclic amines) is 1. The largest absolute Gasteiger partial charge is 0.358 e. The third-order valence-electron chi connectivity index (χ3n) is 7.02. The van der Waals surface area contributed by atoms with Gasteiger partial charge in [0.1, 0.15) is 0 Å². The van der Waals surface area contributed by atoms with Crippen molar-refractivity contribution in [2.45, 2.75) is 39.5 Å². The second-order valence-electron chi connectivity index (χ2n) is 9.42. The van der Waals surface area contributed by atoms with Gasteiger partial charge in [-0.3, -0.25) is 14.4 Å². The molecule has 8 heteroatoms. The van der Waals surface area contributed by atoms with Crippen molar-refractivity contribution >= 4 is 40.7 Å². The number of hydrogen-bond donors (Lipinski definition) is 3. The molecule has 3 N–H and O–H groups in total. The number of nitrogens with one attached hydrogen (secondary N) is 3. The maximum atomic E-state index is 13.5. The fourth-order valence-corrected chi connectivity index (χ4v) is 5.25. The Bertz CT molecular complexity index is 1190. The molecule has 0 bridgehead atoms. The second kappa shape index (κ2) is 9.10. The zero-order valence-corrected chi connectivity index (χ0v) is 19.8. The van der Waals surface area contributed by atoms with E-state index in [1.165, 1.54) is 19.8 Å². The lowest BCUT2D eigenvalue weighted by atomic mass is 10.0. The fourth-order valence-electron chi connectivity index (χ4n) is 5.25. The predicted octanol–water partition coefficient (Wildman–Crippen LogP) is 3.26. The molecule has 0 saturated carbocycles. The zero-order valence-electron chi connectivity index (χ0n) is 19.8. The number of rotatable bonds is 5. The predicted molar refractivity (Wildman–Crippen MR) is 133 cm³/mol. The molecule has 0 spiro atoms. The maximum Gasteiger partial charge on any atom is 0.256 e. The van der Waals surface area contributed by atoms with Gasteiger partial charge in [-0.2, -0.15) is 0 Å². The van der Waals surface area contributed by atoms with E-state index in [0.717, 1.165) is 73.6 Å². The fraction of sp³-hybridized carbons (Fsp3) is 0.423. The summed E-state index contributed by atoms with van der Waals surface area (Å²) in [6.07, 6.45) is 6.04. The highest BCUT2D eigenvalue weighted by molar-refractivity contribution is 6.35. The minimum atomic E-state index is -0.197. The minimum Gasteiger partial charge on any atom is -0.358 e. The summed E-state index contributed by atoms with van der Waals surface area (Å²) in [7, 11) is 0. The van der Waals surface area contributed by atoms with Crippen LogP contribution in [-0.4, -0.2) is 65.2 Å². The zero-order chi connectivity index (χ0) is 23.8. The molecule has 8 nitrogen and oxygen atoms in total. The number of fused-ring (bicyclic) bond motifs is 2. The number of carbonyl (C=O) groups excluding carboxylic acids is 3. The summed E-state index contributed by atoms with van der Waals surface area (Å²) in [6, 6.07) is 5.35. The molecule has 0 atom stereocenters. The minimum absolute atomic E-state index is 0.0781. The van der Waals surface area contributed by atoms with Crippen LogP contribution in [0, 0.1) is 6.92 Å². The van der Waals surface area contributed by atoms with Crippen molar-refractivity contribution in [1.29, 1.82) is 0 Å². The molecule has 3 aliphatic heterocycles. The summed E-state index contributed by atoms with van der Waals surface area (Å²) in [5.74, 6) is -0.286. The van der Waals surface area contributed by atoms with E-state index in [1.807, 2.05) is 17.9 Å². The Morgan fingerprint density at radius 2 is 1.91 bits per heavy atom. The third-order valence-corrected chi connectivity index (χ3v) is 7.02. The van der Waals surface area contributed by atoms with Gasteiger partial charge >= 0.3 is 0 Å². The number of amides is 3. The van der Waals surface area contributed by atoms with E-state index < -0.39 is 0 Å². The third kappa shape index (κ3) is 4.25. The summed E-state index contributed by atoms with van der Waals surface area (Å²) in [4.78, 5) is 45.5. The maximum absolute atomic E-state index is 13.5. The normalized spacial score (nSPS) is 19.2. The monoisotopic (exact) mass is 461 g/mol. The van der Waals surface area contributed by atoms with E-state index in [-0.39, 0.29) is 17.7 Å². The molecule has 178 valence electrons. The van der Waals surface area contributed by atoms with Gasteiger partial charge in [0.05, 0.1) is 11.1 Å². The number of hydrogen-bond acceptors (Lipinski definition) is 4. The van der Waals surface area contributed by atoms with Gasteiger partial charge in [-0.1, -0.05) is 0 Å². The van der Waals surface area contributed by atoms with E-state index in [1.54, 1.807) is 18.2 Å². The van der Waals surface area contributed by atoms with Gasteiger partial charge in [-0.05, 0) is 75.5 Å². The van der Waals surface area contributed by atoms with Crippen molar-refractivity contribution in [2.24, 2.45) is 0 Å². The van der Waals surface area contributed by atoms with Crippen LogP contribution in [0.1, 0.15) is 59.1 Å². The number of benzene rings is 1. The van der Waals surface area contributed by atoms with Crippen molar-refractivity contribution in [1.82, 2.24) is 14.8 Å². The topological polar surface area (TPSA) is 97.5 Å². The van der Waals surface area contributed by atoms with Gasteiger partial charge in [0.25, 0.3) is 11.8 Å². The molecular formula is C26H31N5O3. The summed E-state index contributed by atoms with van der Waals surface area (Å²) in [5, 5.41) is 5.65. The van der Waals surface area contributed by atoms with E-state index in [2.05, 4.69) is 20.5 Å². The second-order valence-corrected chi connectivity index (χ2v) is 9.42. The number of aromatic nitrogens is 1. The highest BCUT2D eigenvalue weighted by Gasteiger charge is 2.29. The SMILES string of the molecule is CC(=O)Nc1ccc2c(c1)C(=Cc1[nH]c3c(c1C)C(=O)N(CCN1CCCC1)CCC3)C(=O)N2. The lowest BCUT2D eigenvalue weighted by Gasteiger charge is -2.24. The quantitative estimate of drug-likeness (QED) is 0.596. The van der Waals surface area contributed by atoms with E-state index in [4.69, 9.17) is 0 Å². The number of carbonyl (C=O) groups is 3. The first-order valence-electron chi connectivity index (χ1n) is 12.1. The smallest absolute Gasteiger partial charge is 0.256 e. The molecule has 1 saturated heterocycles. The number of aromatic amines is 1. The molecule has 1 fully saturated rings. The Balaban J connectivity index is 1.43. The van der Waals surface area contributed by atoms with Gasteiger partial charge in [-0.25, -0.2) is 0 Å². The van der Waals surface area contributed by atoms with Gasteiger partial charge in [0.2, 0.25) is 5.91 Å². The van der Waals surface area contributed by atoms with Gasteiger partial charge in [0.15, 0.2) is 0 Å². The summed E-state index contributed by atoms with van der Waals surface area (Å²) >= 11 is 0. The Morgan fingerprint density at radius 3 is 2.68 bits per heavy atom. The molecule has 3 amide bonds. The lowest BCUT2D eigenvalue weighted by Crippen LogP contribution is -2.38. The van der Waals surface area contributed by atoms with Crippen LogP contribution in [0.3, 0.4) is 0 Å². The molecule has 34 heavy (non-hydrogen) atoms. The Kier molecular flexibility index (Phi) is 6.00. The average Bonchev–Trinajstić information content (AvgIpc) is 3.47. The van der Waals surface area contributed by atoms with Gasteiger partial charge in [0, 0.05) is 54.9 Å². The van der Waals surface area contributed by atoms with Crippen LogP contribution in [0.15, 0.2) is 18.2 Å². The van der Waals surface area contributed by atoms with Crippen LogP contribution in [0.5, 0.6) is 0 Å². The molecule has 1 aromatic carbocycles. The Hall–Kier alpha value is -3.39. The van der Waals surface area contributed by atoms with E-state index >= 15 is 0 Å². The Morgan fingerprint density at radius 1 is 1.12 bits per heavy atom. The first-order valence-corrected chi connectivity index (χ1v) is 12.1. The van der Waals surface area contributed by atoms with Crippen LogP contribution in [0.2, 0.25) is 0 Å². The van der Waals surface area contributed by atoms with Crippen LogP contribution < -0.4 is 10.6 Å². The molecule has 2 aromatic rings. The number of anilines is 2. The Labute approximate surface area is 199 Å². The number of aryl methyl sites for hydroxylation is 1. The van der Waals surface area contributed by atoms with Crippen molar-refractivity contribution in [3.05, 3.63) is 46.3 Å². The molecule has 5 rings (SSSR count). The van der Waals surface area contributed by atoms with Crippen LogP contribution >= 0.6 is 0 Å². The highest BCUT2D eigenvalue weighted by Crippen LogP contribution is 2.36. The van der Waals surface area contributed by atoms with Crippen molar-refractivity contribution in [3.8, 4) is 0 Å². The summed E-state index contributed by atoms with van der Waals surface area (Å²) < 4.78 is 0. The highest BCUT2D eigenvalue weighted by atomic mass is 16.2. The van der Waals surface area contributed by atoms with E-state index in [9.17, 15) is 14.4 Å². The standard InChI is InChI=1S/C26H31N5O3/c1-16-23(15-20-19-14-18(27-17(2)32)7-8-21(19)29-25(20)33)28-22-6-5-11-31(26(34)24(16)22)13-12-30-9-3-4-10-30/h7-8,14-15,28H,3-6,9-13H2,1-2H3,(H,27,32)(H,29,33). The average molecular weight is 462 g/mol. The van der Waals surface area contributed by atoms with Gasteiger partial charge in [-0.15, -0.1) is 0 Å². The van der Waals surface area contributed by atoms with Crippen LogP contribution in [-0.2, 0) is 16.0 Å². The summed E-state index contributed by atoms with van der Waals surface area (Å²) in [6.45, 7) is 8.10. The molecule has 0 radical (unpaired) electrons. The molecular weight excluding hydrogens is 430 g/mol. The lowest BCUT2D eigenvalue weighted by molar-refractivity contribution is -0.114. The number of H-pyrrole nitrogens is 1. The first kappa shape index (κ1) is 22.4. The summed E-state index contributed by atoms with van der Waals surface area (Å²) in [5.41, 5.74) is 5.94. The molecule has 4 heterocycles. The van der Waals surface area contributed by atoms with E-state index in [0.29, 0.717) is 16.9 Å². The van der Waals surface area contributed by atoms with Gasteiger partial charge < -0.3 is 25.4 Å². The van der Waals surface area contributed by atoms with Crippen molar-refractivity contribution < 1.29 is 14.4 Å². The van der Waals surface area contributed by atoms with Crippen molar-refractivity contribution in [3.63, 3.8) is 0 Å². The first-order chi connectivity index (χ1) is 16.4. The van der Waals surface area contributed by atoms with Crippen LogP contribution in [0.25, 0.3) is 11.6 Å². The van der Waals surface area contributed by atoms with Crippen molar-refractivity contribution in [2.75, 3.05) is 43.4 Å². The molecule has 1 aromatic heterocycles.